The van der Waals surface area contributed by atoms with Crippen molar-refractivity contribution < 1.29 is 0 Å². The summed E-state index contributed by atoms with van der Waals surface area (Å²) in [6.07, 6.45) is 6.82. The van der Waals surface area contributed by atoms with Crippen molar-refractivity contribution in [1.29, 1.82) is 0 Å². The maximum Gasteiger partial charge on any atom is 0.252 e. The molecule has 7 nitrogen and oxygen atoms in total. The van der Waals surface area contributed by atoms with Gasteiger partial charge in [0.15, 0.2) is 5.82 Å². The SMILES string of the molecule is CC[C@H](c1nnnn1C1CCCCC1)N(Cc1ccc(C)cc1)Cc1cc2c(C)ccc(C)c2[nH]c1=O. The molecular weight excluding hydrogens is 460 g/mol. The first-order valence-electron chi connectivity index (χ1n) is 13.6. The smallest absolute Gasteiger partial charge is 0.252 e. The van der Waals surface area contributed by atoms with E-state index in [0.717, 1.165) is 52.7 Å². The van der Waals surface area contributed by atoms with Crippen LogP contribution in [0.3, 0.4) is 0 Å². The van der Waals surface area contributed by atoms with Crippen molar-refractivity contribution in [2.24, 2.45) is 0 Å². The second-order valence-electron chi connectivity index (χ2n) is 10.7. The van der Waals surface area contributed by atoms with Crippen LogP contribution in [0.25, 0.3) is 10.9 Å². The van der Waals surface area contributed by atoms with Crippen LogP contribution in [0.5, 0.6) is 0 Å². The summed E-state index contributed by atoms with van der Waals surface area (Å²) in [4.78, 5) is 18.9. The number of hydrogen-bond donors (Lipinski definition) is 1. The molecule has 0 amide bonds. The normalized spacial score (nSPS) is 15.5. The highest BCUT2D eigenvalue weighted by atomic mass is 16.1. The zero-order valence-corrected chi connectivity index (χ0v) is 22.5. The monoisotopic (exact) mass is 498 g/mol. The molecule has 37 heavy (non-hydrogen) atoms. The zero-order chi connectivity index (χ0) is 25.9. The van der Waals surface area contributed by atoms with Gasteiger partial charge in [0.25, 0.3) is 5.56 Å². The maximum absolute atomic E-state index is 13.3. The molecule has 2 heterocycles. The van der Waals surface area contributed by atoms with Crippen LogP contribution in [-0.2, 0) is 13.1 Å². The van der Waals surface area contributed by atoms with Crippen LogP contribution in [0, 0.1) is 20.8 Å². The number of aromatic amines is 1. The van der Waals surface area contributed by atoms with E-state index in [1.165, 1.54) is 30.4 Å². The Bertz CT molecular complexity index is 1410. The predicted molar refractivity (Wildman–Crippen MR) is 147 cm³/mol. The van der Waals surface area contributed by atoms with Gasteiger partial charge in [-0.15, -0.1) is 5.10 Å². The molecule has 2 aromatic carbocycles. The first-order valence-corrected chi connectivity index (χ1v) is 13.6. The highest BCUT2D eigenvalue weighted by Crippen LogP contribution is 2.33. The number of aryl methyl sites for hydroxylation is 3. The van der Waals surface area contributed by atoms with E-state index in [2.05, 4.69) is 93.3 Å². The highest BCUT2D eigenvalue weighted by Gasteiger charge is 2.29. The van der Waals surface area contributed by atoms with E-state index in [0.29, 0.717) is 19.1 Å². The average molecular weight is 499 g/mol. The van der Waals surface area contributed by atoms with E-state index in [-0.39, 0.29) is 11.6 Å². The van der Waals surface area contributed by atoms with Gasteiger partial charge >= 0.3 is 0 Å². The quantitative estimate of drug-likeness (QED) is 0.318. The molecule has 5 rings (SSSR count). The van der Waals surface area contributed by atoms with Crippen molar-refractivity contribution in [2.75, 3.05) is 0 Å². The minimum Gasteiger partial charge on any atom is -0.321 e. The molecule has 1 aliphatic carbocycles. The number of benzene rings is 2. The number of aromatic nitrogens is 5. The molecule has 1 saturated carbocycles. The van der Waals surface area contributed by atoms with Crippen molar-refractivity contribution in [3.8, 4) is 0 Å². The molecule has 0 saturated heterocycles. The van der Waals surface area contributed by atoms with Gasteiger partial charge in [-0.3, -0.25) is 9.69 Å². The molecule has 0 bridgehead atoms. The zero-order valence-electron chi connectivity index (χ0n) is 22.5. The minimum atomic E-state index is -0.0307. The van der Waals surface area contributed by atoms with Crippen molar-refractivity contribution in [3.63, 3.8) is 0 Å². The molecule has 4 aromatic rings. The van der Waals surface area contributed by atoms with Gasteiger partial charge in [0, 0.05) is 24.0 Å². The number of nitrogens with zero attached hydrogens (tertiary/aromatic N) is 5. The molecule has 0 radical (unpaired) electrons. The molecule has 0 unspecified atom stereocenters. The molecule has 194 valence electrons. The van der Waals surface area contributed by atoms with Crippen LogP contribution in [-0.4, -0.2) is 30.1 Å². The second kappa shape index (κ2) is 11.0. The fourth-order valence-corrected chi connectivity index (χ4v) is 5.77. The Hall–Kier alpha value is -3.32. The number of rotatable bonds is 8. The summed E-state index contributed by atoms with van der Waals surface area (Å²) in [7, 11) is 0. The van der Waals surface area contributed by atoms with Crippen molar-refractivity contribution in [3.05, 3.63) is 86.5 Å². The first kappa shape index (κ1) is 25.3. The van der Waals surface area contributed by atoms with Crippen LogP contribution < -0.4 is 5.56 Å². The summed E-state index contributed by atoms with van der Waals surface area (Å²) in [6.45, 7) is 9.65. The Labute approximate surface area is 218 Å². The molecule has 1 atom stereocenters. The number of hydrogen-bond acceptors (Lipinski definition) is 5. The minimum absolute atomic E-state index is 0.00747. The Morgan fingerprint density at radius 3 is 2.46 bits per heavy atom. The van der Waals surface area contributed by atoms with Gasteiger partial charge < -0.3 is 4.98 Å². The molecule has 7 heteroatoms. The largest absolute Gasteiger partial charge is 0.321 e. The summed E-state index contributed by atoms with van der Waals surface area (Å²) in [5.41, 5.74) is 6.35. The number of tetrazole rings is 1. The van der Waals surface area contributed by atoms with Crippen LogP contribution in [0.4, 0.5) is 0 Å². The lowest BCUT2D eigenvalue weighted by Gasteiger charge is -2.32. The molecule has 0 aliphatic heterocycles. The number of H-pyrrole nitrogens is 1. The fraction of sp³-hybridized carbons (Fsp3) is 0.467. The van der Waals surface area contributed by atoms with E-state index in [1.807, 2.05) is 6.92 Å². The Morgan fingerprint density at radius 1 is 1.00 bits per heavy atom. The molecule has 1 aliphatic rings. The molecular formula is C30H38N6O. The van der Waals surface area contributed by atoms with Crippen LogP contribution in [0.1, 0.15) is 91.2 Å². The van der Waals surface area contributed by atoms with E-state index in [9.17, 15) is 4.79 Å². The van der Waals surface area contributed by atoms with Gasteiger partial charge in [0.05, 0.1) is 17.6 Å². The topological polar surface area (TPSA) is 79.7 Å². The summed E-state index contributed by atoms with van der Waals surface area (Å²) in [5, 5.41) is 14.2. The summed E-state index contributed by atoms with van der Waals surface area (Å²) in [6, 6.07) is 15.3. The van der Waals surface area contributed by atoms with Crippen molar-refractivity contribution >= 4 is 10.9 Å². The number of fused-ring (bicyclic) bond motifs is 1. The van der Waals surface area contributed by atoms with Crippen molar-refractivity contribution in [1.82, 2.24) is 30.1 Å². The van der Waals surface area contributed by atoms with Crippen molar-refractivity contribution in [2.45, 2.75) is 91.4 Å². The van der Waals surface area contributed by atoms with Crippen LogP contribution in [0.2, 0.25) is 0 Å². The van der Waals surface area contributed by atoms with E-state index in [4.69, 9.17) is 0 Å². The van der Waals surface area contributed by atoms with E-state index >= 15 is 0 Å². The lowest BCUT2D eigenvalue weighted by molar-refractivity contribution is 0.155. The maximum atomic E-state index is 13.3. The lowest BCUT2D eigenvalue weighted by Crippen LogP contribution is -2.33. The van der Waals surface area contributed by atoms with Gasteiger partial charge in [-0.2, -0.15) is 0 Å². The standard InChI is InChI=1S/C30H38N6O/c1-5-27(29-32-33-34-36(29)25-9-7-6-8-10-25)35(18-23-15-11-20(2)12-16-23)19-24-17-26-21(3)13-14-22(4)28(26)31-30(24)37/h11-17,25,27H,5-10,18-19H2,1-4H3,(H,31,37)/t27-/m1/s1. The van der Waals surface area contributed by atoms with Gasteiger partial charge in [-0.05, 0) is 73.2 Å². The third kappa shape index (κ3) is 5.37. The van der Waals surface area contributed by atoms with Crippen LogP contribution >= 0.6 is 0 Å². The summed E-state index contributed by atoms with van der Waals surface area (Å²) >= 11 is 0. The van der Waals surface area contributed by atoms with Gasteiger partial charge in [0.1, 0.15) is 0 Å². The molecule has 0 spiro atoms. The number of nitrogens with one attached hydrogen (secondary N) is 1. The molecule has 2 aromatic heterocycles. The molecule has 1 N–H and O–H groups in total. The highest BCUT2D eigenvalue weighted by molar-refractivity contribution is 5.85. The van der Waals surface area contributed by atoms with Gasteiger partial charge in [-0.25, -0.2) is 4.68 Å². The predicted octanol–water partition coefficient (Wildman–Crippen LogP) is 6.10. The Balaban J connectivity index is 1.55. The van der Waals surface area contributed by atoms with Crippen LogP contribution in [0.15, 0.2) is 47.3 Å². The molecule has 1 fully saturated rings. The van der Waals surface area contributed by atoms with E-state index < -0.39 is 0 Å². The Morgan fingerprint density at radius 2 is 1.73 bits per heavy atom. The summed E-state index contributed by atoms with van der Waals surface area (Å²) < 4.78 is 2.08. The second-order valence-corrected chi connectivity index (χ2v) is 10.7. The lowest BCUT2D eigenvalue weighted by atomic mass is 9.95. The Kier molecular flexibility index (Phi) is 7.51. The fourth-order valence-electron chi connectivity index (χ4n) is 5.77. The average Bonchev–Trinajstić information content (AvgIpc) is 3.39. The summed E-state index contributed by atoms with van der Waals surface area (Å²) in [5.74, 6) is 0.908. The third-order valence-corrected chi connectivity index (χ3v) is 7.96. The first-order chi connectivity index (χ1) is 17.9. The van der Waals surface area contributed by atoms with E-state index in [1.54, 1.807) is 0 Å². The van der Waals surface area contributed by atoms with Gasteiger partial charge in [-0.1, -0.05) is 68.1 Å². The van der Waals surface area contributed by atoms with Gasteiger partial charge in [0.2, 0.25) is 0 Å². The number of pyridine rings is 1. The third-order valence-electron chi connectivity index (χ3n) is 7.96.